The van der Waals surface area contributed by atoms with Gasteiger partial charge in [-0.3, -0.25) is 0 Å². The summed E-state index contributed by atoms with van der Waals surface area (Å²) >= 11 is 6.21. The van der Waals surface area contributed by atoms with Crippen LogP contribution in [-0.4, -0.2) is 7.11 Å². The Morgan fingerprint density at radius 2 is 2.14 bits per heavy atom. The van der Waals surface area contributed by atoms with Gasteiger partial charge in [0.2, 0.25) is 0 Å². The minimum absolute atomic E-state index is 0.502. The molecule has 0 aliphatic carbocycles. The van der Waals surface area contributed by atoms with E-state index in [2.05, 4.69) is 19.9 Å². The van der Waals surface area contributed by atoms with Gasteiger partial charge in [-0.25, -0.2) is 0 Å². The van der Waals surface area contributed by atoms with Gasteiger partial charge in [0.25, 0.3) is 0 Å². The van der Waals surface area contributed by atoms with Crippen molar-refractivity contribution >= 4 is 11.6 Å². The van der Waals surface area contributed by atoms with Gasteiger partial charge >= 0.3 is 0 Å². The summed E-state index contributed by atoms with van der Waals surface area (Å²) in [6, 6.07) is 5.96. The van der Waals surface area contributed by atoms with Gasteiger partial charge in [-0.15, -0.1) is 0 Å². The topological polar surface area (TPSA) is 9.23 Å². The molecule has 1 rings (SSSR count). The van der Waals surface area contributed by atoms with E-state index in [0.29, 0.717) is 5.92 Å². The maximum Gasteiger partial charge on any atom is 0.137 e. The van der Waals surface area contributed by atoms with Crippen LogP contribution in [0.1, 0.15) is 38.2 Å². The van der Waals surface area contributed by atoms with Crippen molar-refractivity contribution < 1.29 is 4.74 Å². The summed E-state index contributed by atoms with van der Waals surface area (Å²) in [5, 5.41) is 0.760. The third-order valence-corrected chi connectivity index (χ3v) is 2.87. The summed E-state index contributed by atoms with van der Waals surface area (Å²) in [6.07, 6.45) is 2.33. The van der Waals surface area contributed by atoms with Gasteiger partial charge in [0.1, 0.15) is 5.75 Å². The highest BCUT2D eigenvalue weighted by Crippen LogP contribution is 2.34. The maximum atomic E-state index is 6.21. The van der Waals surface area contributed by atoms with Crippen molar-refractivity contribution in [3.05, 3.63) is 28.8 Å². The van der Waals surface area contributed by atoms with Crippen molar-refractivity contribution in [2.45, 2.75) is 32.6 Å². The predicted octanol–water partition coefficient (Wildman–Crippen LogP) is 4.25. The van der Waals surface area contributed by atoms with Gasteiger partial charge in [0.15, 0.2) is 0 Å². The SMILES string of the molecule is CCCC(C)c1cccc(OC)c1Cl. The van der Waals surface area contributed by atoms with E-state index in [9.17, 15) is 0 Å². The van der Waals surface area contributed by atoms with Crippen LogP contribution in [0.3, 0.4) is 0 Å². The van der Waals surface area contributed by atoms with Crippen molar-refractivity contribution in [2.75, 3.05) is 7.11 Å². The standard InChI is InChI=1S/C12H17ClO/c1-4-6-9(2)10-7-5-8-11(14-3)12(10)13/h5,7-9H,4,6H2,1-3H3. The second-order valence-corrected chi connectivity index (χ2v) is 3.93. The number of hydrogen-bond donors (Lipinski definition) is 0. The molecule has 0 aliphatic rings. The third kappa shape index (κ3) is 2.42. The molecule has 0 bridgehead atoms. The van der Waals surface area contributed by atoms with Gasteiger partial charge in [0.05, 0.1) is 12.1 Å². The molecule has 0 fully saturated rings. The molecule has 1 atom stereocenters. The molecule has 0 N–H and O–H groups in total. The Bertz CT molecular complexity index is 296. The van der Waals surface area contributed by atoms with Crippen molar-refractivity contribution in [3.8, 4) is 5.75 Å². The number of rotatable bonds is 4. The fourth-order valence-corrected chi connectivity index (χ4v) is 2.04. The molecule has 2 heteroatoms. The van der Waals surface area contributed by atoms with E-state index in [1.54, 1.807) is 7.11 Å². The first-order valence-electron chi connectivity index (χ1n) is 5.03. The van der Waals surface area contributed by atoms with E-state index in [0.717, 1.165) is 17.2 Å². The Balaban J connectivity index is 2.96. The second-order valence-electron chi connectivity index (χ2n) is 3.55. The number of benzene rings is 1. The second kappa shape index (κ2) is 5.26. The number of methoxy groups -OCH3 is 1. The van der Waals surface area contributed by atoms with Crippen LogP contribution in [0.4, 0.5) is 0 Å². The fraction of sp³-hybridized carbons (Fsp3) is 0.500. The molecule has 0 saturated carbocycles. The average molecular weight is 213 g/mol. The summed E-state index contributed by atoms with van der Waals surface area (Å²) in [5.41, 5.74) is 1.19. The third-order valence-electron chi connectivity index (χ3n) is 2.47. The predicted molar refractivity (Wildman–Crippen MR) is 61.3 cm³/mol. The van der Waals surface area contributed by atoms with Gasteiger partial charge in [-0.2, -0.15) is 0 Å². The van der Waals surface area contributed by atoms with Crippen LogP contribution >= 0.6 is 11.6 Å². The molecule has 0 spiro atoms. The Morgan fingerprint density at radius 1 is 1.43 bits per heavy atom. The lowest BCUT2D eigenvalue weighted by molar-refractivity contribution is 0.414. The number of ether oxygens (including phenoxy) is 1. The van der Waals surface area contributed by atoms with Crippen molar-refractivity contribution in [2.24, 2.45) is 0 Å². The van der Waals surface area contributed by atoms with Gasteiger partial charge < -0.3 is 4.74 Å². The van der Waals surface area contributed by atoms with Crippen LogP contribution in [0.5, 0.6) is 5.75 Å². The first-order valence-corrected chi connectivity index (χ1v) is 5.40. The van der Waals surface area contributed by atoms with Crippen LogP contribution in [0.25, 0.3) is 0 Å². The van der Waals surface area contributed by atoms with Crippen molar-refractivity contribution in [1.29, 1.82) is 0 Å². The minimum Gasteiger partial charge on any atom is -0.495 e. The monoisotopic (exact) mass is 212 g/mol. The fourth-order valence-electron chi connectivity index (χ4n) is 1.65. The molecule has 0 heterocycles. The molecule has 0 aromatic heterocycles. The summed E-state index contributed by atoms with van der Waals surface area (Å²) in [5.74, 6) is 1.27. The van der Waals surface area contributed by atoms with Crippen LogP contribution in [-0.2, 0) is 0 Å². The van der Waals surface area contributed by atoms with Gasteiger partial charge in [0, 0.05) is 0 Å². The van der Waals surface area contributed by atoms with E-state index in [1.165, 1.54) is 12.0 Å². The molecule has 0 amide bonds. The van der Waals surface area contributed by atoms with E-state index >= 15 is 0 Å². The van der Waals surface area contributed by atoms with Crippen LogP contribution < -0.4 is 4.74 Å². The zero-order valence-corrected chi connectivity index (χ0v) is 9.77. The first kappa shape index (κ1) is 11.4. The highest BCUT2D eigenvalue weighted by atomic mass is 35.5. The lowest BCUT2D eigenvalue weighted by atomic mass is 9.96. The molecule has 0 saturated heterocycles. The highest BCUT2D eigenvalue weighted by molar-refractivity contribution is 6.32. The minimum atomic E-state index is 0.502. The Hall–Kier alpha value is -0.690. The largest absolute Gasteiger partial charge is 0.495 e. The van der Waals surface area contributed by atoms with Crippen LogP contribution in [0.15, 0.2) is 18.2 Å². The smallest absolute Gasteiger partial charge is 0.137 e. The molecule has 78 valence electrons. The molecular weight excluding hydrogens is 196 g/mol. The summed E-state index contributed by atoms with van der Waals surface area (Å²) in [4.78, 5) is 0. The molecule has 1 aromatic carbocycles. The zero-order chi connectivity index (χ0) is 10.6. The normalized spacial score (nSPS) is 12.6. The molecule has 14 heavy (non-hydrogen) atoms. The molecule has 1 aromatic rings. The van der Waals surface area contributed by atoms with Crippen molar-refractivity contribution in [1.82, 2.24) is 0 Å². The molecule has 1 unspecified atom stereocenters. The van der Waals surface area contributed by atoms with Crippen molar-refractivity contribution in [3.63, 3.8) is 0 Å². The lowest BCUT2D eigenvalue weighted by Crippen LogP contribution is -1.95. The maximum absolute atomic E-state index is 6.21. The average Bonchev–Trinajstić information content (AvgIpc) is 2.18. The van der Waals surface area contributed by atoms with E-state index < -0.39 is 0 Å². The highest BCUT2D eigenvalue weighted by Gasteiger charge is 2.11. The van der Waals surface area contributed by atoms with Crippen LogP contribution in [0, 0.1) is 0 Å². The summed E-state index contributed by atoms with van der Waals surface area (Å²) in [7, 11) is 1.65. The summed E-state index contributed by atoms with van der Waals surface area (Å²) in [6.45, 7) is 4.38. The molecule has 1 nitrogen and oxygen atoms in total. The van der Waals surface area contributed by atoms with E-state index in [4.69, 9.17) is 16.3 Å². The van der Waals surface area contributed by atoms with Gasteiger partial charge in [-0.1, -0.05) is 44.0 Å². The molecular formula is C12H17ClO. The van der Waals surface area contributed by atoms with Gasteiger partial charge in [-0.05, 0) is 24.0 Å². The molecule has 0 radical (unpaired) electrons. The number of halogens is 1. The first-order chi connectivity index (χ1) is 6.70. The quantitative estimate of drug-likeness (QED) is 0.725. The van der Waals surface area contributed by atoms with E-state index in [1.807, 2.05) is 12.1 Å². The Morgan fingerprint density at radius 3 is 2.71 bits per heavy atom. The Labute approximate surface area is 91.0 Å². The zero-order valence-electron chi connectivity index (χ0n) is 9.01. The summed E-state index contributed by atoms with van der Waals surface area (Å²) < 4.78 is 5.18. The van der Waals surface area contributed by atoms with Crippen LogP contribution in [0.2, 0.25) is 5.02 Å². The lowest BCUT2D eigenvalue weighted by Gasteiger charge is -2.14. The Kier molecular flexibility index (Phi) is 4.27. The number of hydrogen-bond acceptors (Lipinski definition) is 1. The van der Waals surface area contributed by atoms with E-state index in [-0.39, 0.29) is 0 Å². The molecule has 0 aliphatic heterocycles.